The highest BCUT2D eigenvalue weighted by molar-refractivity contribution is 7.99. The van der Waals surface area contributed by atoms with E-state index in [1.165, 1.54) is 12.3 Å². The molecule has 0 atom stereocenters. The number of hydrogen-bond donors (Lipinski definition) is 1. The number of ether oxygens (including phenoxy) is 1. The largest absolute Gasteiger partial charge is 0.451 e. The first-order valence-corrected chi connectivity index (χ1v) is 8.74. The molecule has 130 valence electrons. The first-order chi connectivity index (χ1) is 12.7. The molecule has 0 fully saturated rings. The Labute approximate surface area is 155 Å². The number of benzene rings is 2. The molecule has 3 rings (SSSR count). The van der Waals surface area contributed by atoms with Crippen molar-refractivity contribution in [1.29, 1.82) is 0 Å². The minimum absolute atomic E-state index is 0.167. The van der Waals surface area contributed by atoms with Gasteiger partial charge in [0.25, 0.3) is 5.91 Å². The van der Waals surface area contributed by atoms with E-state index in [0.29, 0.717) is 5.69 Å². The number of aromatic nitrogens is 1. The van der Waals surface area contributed by atoms with E-state index in [9.17, 15) is 9.59 Å². The zero-order valence-electron chi connectivity index (χ0n) is 13.8. The Hall–Kier alpha value is -3.12. The van der Waals surface area contributed by atoms with Crippen LogP contribution in [0.2, 0.25) is 0 Å². The lowest BCUT2D eigenvalue weighted by Gasteiger charge is -2.11. The highest BCUT2D eigenvalue weighted by Gasteiger charge is 2.12. The molecule has 2 aromatic carbocycles. The summed E-state index contributed by atoms with van der Waals surface area (Å²) in [6, 6.07) is 22.3. The second kappa shape index (κ2) is 8.82. The predicted octanol–water partition coefficient (Wildman–Crippen LogP) is 4.03. The summed E-state index contributed by atoms with van der Waals surface area (Å²) >= 11 is 1.54. The number of amides is 1. The molecule has 6 heteroatoms. The number of pyridine rings is 1. The Morgan fingerprint density at radius 3 is 2.42 bits per heavy atom. The molecule has 0 unspecified atom stereocenters. The molecule has 0 aliphatic heterocycles. The lowest BCUT2D eigenvalue weighted by Crippen LogP contribution is -2.21. The molecular formula is C20H16N2O3S. The van der Waals surface area contributed by atoms with Gasteiger partial charge in [0, 0.05) is 16.0 Å². The Morgan fingerprint density at radius 1 is 0.923 bits per heavy atom. The first-order valence-electron chi connectivity index (χ1n) is 7.92. The van der Waals surface area contributed by atoms with Crippen LogP contribution in [0.15, 0.2) is 88.8 Å². The van der Waals surface area contributed by atoms with Gasteiger partial charge in [-0.3, -0.25) is 4.79 Å². The lowest BCUT2D eigenvalue weighted by atomic mass is 10.3. The normalized spacial score (nSPS) is 10.2. The second-order valence-electron chi connectivity index (χ2n) is 5.25. The minimum atomic E-state index is -0.632. The van der Waals surface area contributed by atoms with Crippen molar-refractivity contribution < 1.29 is 14.3 Å². The van der Waals surface area contributed by atoms with Crippen molar-refractivity contribution >= 4 is 29.3 Å². The maximum absolute atomic E-state index is 12.1. The van der Waals surface area contributed by atoms with Gasteiger partial charge in [0.1, 0.15) is 5.69 Å². The average Bonchev–Trinajstić information content (AvgIpc) is 2.69. The fraction of sp³-hybridized carbons (Fsp3) is 0.0500. The third-order valence-electron chi connectivity index (χ3n) is 3.34. The van der Waals surface area contributed by atoms with Gasteiger partial charge in [0.15, 0.2) is 6.61 Å². The van der Waals surface area contributed by atoms with Gasteiger partial charge >= 0.3 is 5.97 Å². The van der Waals surface area contributed by atoms with Gasteiger partial charge in [-0.2, -0.15) is 0 Å². The Bertz CT molecular complexity index is 886. The number of rotatable bonds is 6. The molecule has 0 saturated heterocycles. The average molecular weight is 364 g/mol. The van der Waals surface area contributed by atoms with Gasteiger partial charge in [-0.25, -0.2) is 9.78 Å². The Kier molecular flexibility index (Phi) is 6.01. The summed E-state index contributed by atoms with van der Waals surface area (Å²) in [4.78, 5) is 29.8. The number of carbonyl (C=O) groups excluding carboxylic acids is 2. The molecule has 1 aromatic heterocycles. The smallest absolute Gasteiger partial charge is 0.357 e. The van der Waals surface area contributed by atoms with Gasteiger partial charge in [0.05, 0.1) is 5.69 Å². The molecule has 0 radical (unpaired) electrons. The summed E-state index contributed by atoms with van der Waals surface area (Å²) in [6.45, 7) is -0.375. The van der Waals surface area contributed by atoms with Crippen molar-refractivity contribution in [3.63, 3.8) is 0 Å². The third kappa shape index (κ3) is 4.94. The number of nitrogens with one attached hydrogen (secondary N) is 1. The van der Waals surface area contributed by atoms with Gasteiger partial charge in [-0.1, -0.05) is 48.2 Å². The van der Waals surface area contributed by atoms with E-state index in [4.69, 9.17) is 4.74 Å². The number of para-hydroxylation sites is 1. The molecular weight excluding hydrogens is 348 g/mol. The van der Waals surface area contributed by atoms with Gasteiger partial charge in [-0.15, -0.1) is 0 Å². The third-order valence-corrected chi connectivity index (χ3v) is 4.42. The summed E-state index contributed by atoms with van der Waals surface area (Å²) in [6.07, 6.45) is 1.49. The van der Waals surface area contributed by atoms with Crippen LogP contribution in [0.4, 0.5) is 5.69 Å². The second-order valence-corrected chi connectivity index (χ2v) is 6.37. The van der Waals surface area contributed by atoms with Crippen LogP contribution >= 0.6 is 11.8 Å². The fourth-order valence-electron chi connectivity index (χ4n) is 2.15. The molecule has 3 aromatic rings. The van der Waals surface area contributed by atoms with Gasteiger partial charge in [0.2, 0.25) is 0 Å². The van der Waals surface area contributed by atoms with Crippen molar-refractivity contribution in [1.82, 2.24) is 4.98 Å². The zero-order chi connectivity index (χ0) is 18.2. The van der Waals surface area contributed by atoms with Crippen LogP contribution in [-0.2, 0) is 9.53 Å². The minimum Gasteiger partial charge on any atom is -0.451 e. The lowest BCUT2D eigenvalue weighted by molar-refractivity contribution is -0.119. The maximum Gasteiger partial charge on any atom is 0.357 e. The summed E-state index contributed by atoms with van der Waals surface area (Å²) in [5.74, 6) is -1.04. The molecule has 0 bridgehead atoms. The fourth-order valence-corrected chi connectivity index (χ4v) is 3.07. The van der Waals surface area contributed by atoms with Crippen molar-refractivity contribution in [3.8, 4) is 0 Å². The summed E-state index contributed by atoms with van der Waals surface area (Å²) in [5.41, 5.74) is 0.834. The van der Waals surface area contributed by atoms with Gasteiger partial charge in [-0.05, 0) is 36.4 Å². The monoisotopic (exact) mass is 364 g/mol. The summed E-state index contributed by atoms with van der Waals surface area (Å²) in [5, 5.41) is 2.78. The topological polar surface area (TPSA) is 68.3 Å². The molecule has 0 saturated carbocycles. The number of hydrogen-bond acceptors (Lipinski definition) is 5. The standard InChI is InChI=1S/C20H16N2O3S/c23-19(14-25-20(24)17-11-6-7-13-21-17)22-16-10-4-5-12-18(16)26-15-8-2-1-3-9-15/h1-13H,14H2,(H,22,23). The van der Waals surface area contributed by atoms with Crippen LogP contribution in [0, 0.1) is 0 Å². The van der Waals surface area contributed by atoms with E-state index >= 15 is 0 Å². The molecule has 26 heavy (non-hydrogen) atoms. The number of esters is 1. The van der Waals surface area contributed by atoms with Crippen LogP contribution in [0.1, 0.15) is 10.5 Å². The number of nitrogens with zero attached hydrogens (tertiary/aromatic N) is 1. The van der Waals surface area contributed by atoms with E-state index in [1.807, 2.05) is 54.6 Å². The molecule has 0 aliphatic rings. The molecule has 1 amide bonds. The van der Waals surface area contributed by atoms with E-state index in [-0.39, 0.29) is 12.3 Å². The number of anilines is 1. The van der Waals surface area contributed by atoms with E-state index in [0.717, 1.165) is 9.79 Å². The van der Waals surface area contributed by atoms with Gasteiger partial charge < -0.3 is 10.1 Å². The Balaban J connectivity index is 1.60. The van der Waals surface area contributed by atoms with Crippen molar-refractivity contribution in [2.45, 2.75) is 9.79 Å². The van der Waals surface area contributed by atoms with Crippen molar-refractivity contribution in [2.24, 2.45) is 0 Å². The van der Waals surface area contributed by atoms with Crippen molar-refractivity contribution in [2.75, 3.05) is 11.9 Å². The SMILES string of the molecule is O=C(COC(=O)c1ccccn1)Nc1ccccc1Sc1ccccc1. The summed E-state index contributed by atoms with van der Waals surface area (Å²) < 4.78 is 5.00. The summed E-state index contributed by atoms with van der Waals surface area (Å²) in [7, 11) is 0. The van der Waals surface area contributed by atoms with Crippen LogP contribution < -0.4 is 5.32 Å². The van der Waals surface area contributed by atoms with E-state index < -0.39 is 11.9 Å². The molecule has 0 aliphatic carbocycles. The van der Waals surface area contributed by atoms with Crippen LogP contribution in [-0.4, -0.2) is 23.5 Å². The predicted molar refractivity (Wildman–Crippen MR) is 100 cm³/mol. The first kappa shape index (κ1) is 17.7. The quantitative estimate of drug-likeness (QED) is 0.669. The molecule has 1 N–H and O–H groups in total. The maximum atomic E-state index is 12.1. The van der Waals surface area contributed by atoms with Crippen LogP contribution in [0.5, 0.6) is 0 Å². The van der Waals surface area contributed by atoms with E-state index in [1.54, 1.807) is 23.9 Å². The van der Waals surface area contributed by atoms with Crippen molar-refractivity contribution in [3.05, 3.63) is 84.7 Å². The van der Waals surface area contributed by atoms with E-state index in [2.05, 4.69) is 10.3 Å². The molecule has 0 spiro atoms. The highest BCUT2D eigenvalue weighted by atomic mass is 32.2. The molecule has 5 nitrogen and oxygen atoms in total. The van der Waals surface area contributed by atoms with Crippen LogP contribution in [0.3, 0.4) is 0 Å². The molecule has 1 heterocycles. The van der Waals surface area contributed by atoms with Crippen LogP contribution in [0.25, 0.3) is 0 Å². The zero-order valence-corrected chi connectivity index (χ0v) is 14.6. The highest BCUT2D eigenvalue weighted by Crippen LogP contribution is 2.33. The Morgan fingerprint density at radius 2 is 1.65 bits per heavy atom. The number of carbonyl (C=O) groups is 2.